The van der Waals surface area contributed by atoms with E-state index in [0.717, 1.165) is 24.1 Å². The van der Waals surface area contributed by atoms with Gasteiger partial charge in [0.15, 0.2) is 11.5 Å². The van der Waals surface area contributed by atoms with Gasteiger partial charge in [-0.1, -0.05) is 0 Å². The van der Waals surface area contributed by atoms with Gasteiger partial charge in [0.05, 0.1) is 40.4 Å². The van der Waals surface area contributed by atoms with Gasteiger partial charge in [-0.25, -0.2) is 0 Å². The zero-order valence-electron chi connectivity index (χ0n) is 13.1. The van der Waals surface area contributed by atoms with Crippen molar-refractivity contribution in [3.8, 4) is 17.6 Å². The van der Waals surface area contributed by atoms with Crippen molar-refractivity contribution < 1.29 is 19.0 Å². The summed E-state index contributed by atoms with van der Waals surface area (Å²) >= 11 is 0. The molecule has 1 atom stereocenters. The minimum Gasteiger partial charge on any atom is -0.493 e. The fraction of sp³-hybridized carbons (Fsp3) is 0.500. The van der Waals surface area contributed by atoms with Gasteiger partial charge in [-0.15, -0.1) is 0 Å². The molecule has 1 aromatic carbocycles. The minimum atomic E-state index is -0.296. The Kier molecular flexibility index (Phi) is 5.23. The number of carbonyl (C=O) groups is 1. The topological polar surface area (TPSA) is 71.8 Å². The lowest BCUT2D eigenvalue weighted by molar-refractivity contribution is -0.142. The summed E-state index contributed by atoms with van der Waals surface area (Å²) in [7, 11) is 4.55. The maximum atomic E-state index is 11.7. The van der Waals surface area contributed by atoms with E-state index in [1.807, 2.05) is 17.0 Å². The number of rotatable bonds is 5. The third-order valence-corrected chi connectivity index (χ3v) is 3.98. The van der Waals surface area contributed by atoms with E-state index in [1.165, 1.54) is 7.11 Å². The number of ether oxygens (including phenoxy) is 3. The lowest BCUT2D eigenvalue weighted by Gasteiger charge is -2.35. The molecule has 0 fully saturated rings. The predicted molar refractivity (Wildman–Crippen MR) is 79.8 cm³/mol. The summed E-state index contributed by atoms with van der Waals surface area (Å²) in [4.78, 5) is 13.7. The molecule has 0 saturated heterocycles. The number of hydrogen-bond donors (Lipinski definition) is 0. The molecule has 6 heteroatoms. The molecule has 22 heavy (non-hydrogen) atoms. The maximum absolute atomic E-state index is 11.7. The molecule has 0 amide bonds. The zero-order chi connectivity index (χ0) is 16.1. The second-order valence-corrected chi connectivity index (χ2v) is 5.08. The SMILES string of the molecule is COC(=O)C[C@H]1c2cc(OC)c(OC)cc2CCN1CC#N. The van der Waals surface area contributed by atoms with Crippen molar-refractivity contribution in [3.05, 3.63) is 23.3 Å². The molecule has 1 aliphatic rings. The molecule has 1 heterocycles. The monoisotopic (exact) mass is 304 g/mol. The Labute approximate surface area is 130 Å². The second kappa shape index (κ2) is 7.14. The van der Waals surface area contributed by atoms with Crippen molar-refractivity contribution in [2.24, 2.45) is 0 Å². The molecule has 0 spiro atoms. The van der Waals surface area contributed by atoms with E-state index in [0.29, 0.717) is 11.5 Å². The van der Waals surface area contributed by atoms with E-state index < -0.39 is 0 Å². The van der Waals surface area contributed by atoms with Gasteiger partial charge >= 0.3 is 5.97 Å². The van der Waals surface area contributed by atoms with Gasteiger partial charge in [0.2, 0.25) is 0 Å². The standard InChI is InChI=1S/C16H20N2O4/c1-20-14-8-11-4-6-18(7-5-17)13(10-16(19)22-3)12(11)9-15(14)21-2/h8-9,13H,4,6-7,10H2,1-3H3/t13-/m0/s1. The van der Waals surface area contributed by atoms with Crippen LogP contribution in [0.4, 0.5) is 0 Å². The summed E-state index contributed by atoms with van der Waals surface area (Å²) < 4.78 is 15.5. The Hall–Kier alpha value is -2.26. The van der Waals surface area contributed by atoms with Crippen LogP contribution >= 0.6 is 0 Å². The first-order chi connectivity index (χ1) is 10.6. The first kappa shape index (κ1) is 16.1. The molecule has 2 rings (SSSR count). The average Bonchev–Trinajstić information content (AvgIpc) is 2.55. The number of benzene rings is 1. The van der Waals surface area contributed by atoms with Crippen LogP contribution < -0.4 is 9.47 Å². The number of carbonyl (C=O) groups excluding carboxylic acids is 1. The van der Waals surface area contributed by atoms with E-state index in [4.69, 9.17) is 19.5 Å². The summed E-state index contributed by atoms with van der Waals surface area (Å²) in [5.74, 6) is 0.997. The molecule has 0 bridgehead atoms. The summed E-state index contributed by atoms with van der Waals surface area (Å²) in [5, 5.41) is 9.01. The molecule has 0 N–H and O–H groups in total. The van der Waals surface area contributed by atoms with Gasteiger partial charge < -0.3 is 14.2 Å². The average molecular weight is 304 g/mol. The highest BCUT2D eigenvalue weighted by molar-refractivity contribution is 5.70. The van der Waals surface area contributed by atoms with Crippen LogP contribution in [-0.2, 0) is 16.0 Å². The Morgan fingerprint density at radius 1 is 1.32 bits per heavy atom. The summed E-state index contributed by atoms with van der Waals surface area (Å²) in [6.07, 6.45) is 1.01. The first-order valence-electron chi connectivity index (χ1n) is 7.07. The molecule has 0 saturated carbocycles. The van der Waals surface area contributed by atoms with Crippen LogP contribution in [0.3, 0.4) is 0 Å². The highest BCUT2D eigenvalue weighted by Gasteiger charge is 2.30. The number of esters is 1. The molecule has 0 aromatic heterocycles. The molecule has 6 nitrogen and oxygen atoms in total. The van der Waals surface area contributed by atoms with Crippen molar-refractivity contribution >= 4 is 5.97 Å². The fourth-order valence-corrected chi connectivity index (χ4v) is 2.84. The number of nitrogens with zero attached hydrogens (tertiary/aromatic N) is 2. The van der Waals surface area contributed by atoms with Crippen LogP contribution in [0.1, 0.15) is 23.6 Å². The van der Waals surface area contributed by atoms with E-state index in [1.54, 1.807) is 14.2 Å². The van der Waals surface area contributed by atoms with Crippen molar-refractivity contribution in [3.63, 3.8) is 0 Å². The molecule has 118 valence electrons. The van der Waals surface area contributed by atoms with E-state index in [2.05, 4.69) is 6.07 Å². The molecule has 0 radical (unpaired) electrons. The van der Waals surface area contributed by atoms with E-state index in [-0.39, 0.29) is 25.0 Å². The minimum absolute atomic E-state index is 0.185. The van der Waals surface area contributed by atoms with E-state index in [9.17, 15) is 4.79 Å². The Morgan fingerprint density at radius 3 is 2.59 bits per heavy atom. The van der Waals surface area contributed by atoms with Gasteiger partial charge in [-0.2, -0.15) is 5.26 Å². The lowest BCUT2D eigenvalue weighted by Crippen LogP contribution is -2.37. The summed E-state index contributed by atoms with van der Waals surface area (Å²) in [6.45, 7) is 0.993. The molecule has 1 aromatic rings. The van der Waals surface area contributed by atoms with Crippen LogP contribution in [-0.4, -0.2) is 45.3 Å². The summed E-state index contributed by atoms with van der Waals surface area (Å²) in [5.41, 5.74) is 2.10. The molecule has 0 aliphatic carbocycles. The number of hydrogen-bond acceptors (Lipinski definition) is 6. The smallest absolute Gasteiger partial charge is 0.307 e. The summed E-state index contributed by atoms with van der Waals surface area (Å²) in [6, 6.07) is 5.81. The lowest BCUT2D eigenvalue weighted by atomic mass is 9.90. The van der Waals surface area contributed by atoms with Crippen LogP contribution in [0, 0.1) is 11.3 Å². The Bertz CT molecular complexity index is 595. The zero-order valence-corrected chi connectivity index (χ0v) is 13.1. The molecule has 0 unspecified atom stereocenters. The van der Waals surface area contributed by atoms with Gasteiger partial charge in [0.25, 0.3) is 0 Å². The van der Waals surface area contributed by atoms with Crippen LogP contribution in [0.25, 0.3) is 0 Å². The first-order valence-corrected chi connectivity index (χ1v) is 7.07. The van der Waals surface area contributed by atoms with Crippen LogP contribution in [0.5, 0.6) is 11.5 Å². The van der Waals surface area contributed by atoms with Gasteiger partial charge in [0.1, 0.15) is 0 Å². The van der Waals surface area contributed by atoms with Gasteiger partial charge in [-0.3, -0.25) is 9.69 Å². The molecule has 1 aliphatic heterocycles. The quantitative estimate of drug-likeness (QED) is 0.609. The highest BCUT2D eigenvalue weighted by atomic mass is 16.5. The Balaban J connectivity index is 2.44. The highest BCUT2D eigenvalue weighted by Crippen LogP contribution is 2.39. The second-order valence-electron chi connectivity index (χ2n) is 5.08. The Morgan fingerprint density at radius 2 is 2.00 bits per heavy atom. The largest absolute Gasteiger partial charge is 0.493 e. The van der Waals surface area contributed by atoms with Crippen molar-refractivity contribution in [2.45, 2.75) is 18.9 Å². The fourth-order valence-electron chi connectivity index (χ4n) is 2.84. The van der Waals surface area contributed by atoms with Crippen molar-refractivity contribution in [1.82, 2.24) is 4.90 Å². The molecular weight excluding hydrogens is 284 g/mol. The van der Waals surface area contributed by atoms with Gasteiger partial charge in [0, 0.05) is 12.6 Å². The van der Waals surface area contributed by atoms with Crippen molar-refractivity contribution in [2.75, 3.05) is 34.4 Å². The number of methoxy groups -OCH3 is 3. The van der Waals surface area contributed by atoms with Crippen molar-refractivity contribution in [1.29, 1.82) is 5.26 Å². The number of fused-ring (bicyclic) bond motifs is 1. The van der Waals surface area contributed by atoms with Crippen LogP contribution in [0.2, 0.25) is 0 Å². The predicted octanol–water partition coefficient (Wildman–Crippen LogP) is 1.69. The number of nitriles is 1. The molecular formula is C16H20N2O4. The van der Waals surface area contributed by atoms with Gasteiger partial charge in [-0.05, 0) is 29.7 Å². The third kappa shape index (κ3) is 3.15. The maximum Gasteiger partial charge on any atom is 0.307 e. The third-order valence-electron chi connectivity index (χ3n) is 3.98. The normalized spacial score (nSPS) is 17.3. The van der Waals surface area contributed by atoms with Crippen LogP contribution in [0.15, 0.2) is 12.1 Å². The van der Waals surface area contributed by atoms with E-state index >= 15 is 0 Å².